The SMILES string of the molecule is CCOC(=O)/C=C(/c1cc(O)ccc1OC)C1CCCCC1. The largest absolute Gasteiger partial charge is 0.508 e. The maximum Gasteiger partial charge on any atom is 0.331 e. The van der Waals surface area contributed by atoms with Crippen molar-refractivity contribution in [2.45, 2.75) is 39.0 Å². The molecule has 0 heterocycles. The van der Waals surface area contributed by atoms with Gasteiger partial charge in [-0.2, -0.15) is 0 Å². The highest BCUT2D eigenvalue weighted by atomic mass is 16.5. The maximum absolute atomic E-state index is 12.0. The number of esters is 1. The molecule has 4 heteroatoms. The van der Waals surface area contributed by atoms with E-state index in [1.165, 1.54) is 6.42 Å². The van der Waals surface area contributed by atoms with E-state index in [9.17, 15) is 9.90 Å². The summed E-state index contributed by atoms with van der Waals surface area (Å²) >= 11 is 0. The number of benzene rings is 1. The Morgan fingerprint density at radius 3 is 2.68 bits per heavy atom. The Labute approximate surface area is 131 Å². The van der Waals surface area contributed by atoms with Crippen LogP contribution in [0.3, 0.4) is 0 Å². The van der Waals surface area contributed by atoms with Crippen LogP contribution in [-0.2, 0) is 9.53 Å². The first kappa shape index (κ1) is 16.4. The van der Waals surface area contributed by atoms with Crippen LogP contribution >= 0.6 is 0 Å². The third-order valence-electron chi connectivity index (χ3n) is 4.10. The summed E-state index contributed by atoms with van der Waals surface area (Å²) < 4.78 is 10.5. The van der Waals surface area contributed by atoms with Gasteiger partial charge in [0.1, 0.15) is 11.5 Å². The van der Waals surface area contributed by atoms with Crippen LogP contribution in [0.15, 0.2) is 24.3 Å². The van der Waals surface area contributed by atoms with Crippen molar-refractivity contribution < 1.29 is 19.4 Å². The molecule has 0 unspecified atom stereocenters. The first-order valence-corrected chi connectivity index (χ1v) is 7.91. The lowest BCUT2D eigenvalue weighted by Crippen LogP contribution is -2.12. The van der Waals surface area contributed by atoms with E-state index in [0.717, 1.165) is 36.8 Å². The van der Waals surface area contributed by atoms with Gasteiger partial charge in [-0.3, -0.25) is 0 Å². The molecule has 1 aliphatic carbocycles. The summed E-state index contributed by atoms with van der Waals surface area (Å²) in [7, 11) is 1.60. The highest BCUT2D eigenvalue weighted by Gasteiger charge is 2.23. The van der Waals surface area contributed by atoms with Crippen molar-refractivity contribution in [2.24, 2.45) is 5.92 Å². The van der Waals surface area contributed by atoms with Gasteiger partial charge in [0, 0.05) is 11.6 Å². The van der Waals surface area contributed by atoms with Gasteiger partial charge in [-0.1, -0.05) is 19.3 Å². The van der Waals surface area contributed by atoms with E-state index in [2.05, 4.69) is 0 Å². The highest BCUT2D eigenvalue weighted by Crippen LogP contribution is 2.40. The van der Waals surface area contributed by atoms with Gasteiger partial charge in [-0.15, -0.1) is 0 Å². The first-order chi connectivity index (χ1) is 10.7. The van der Waals surface area contributed by atoms with Crippen molar-refractivity contribution in [1.82, 2.24) is 0 Å². The topological polar surface area (TPSA) is 55.8 Å². The van der Waals surface area contributed by atoms with Crippen LogP contribution in [0.5, 0.6) is 11.5 Å². The number of phenols is 1. The Bertz CT molecular complexity index is 542. The molecule has 0 saturated heterocycles. The van der Waals surface area contributed by atoms with Crippen LogP contribution < -0.4 is 4.74 Å². The Kier molecular flexibility index (Phi) is 5.87. The number of ether oxygens (including phenoxy) is 2. The number of allylic oxidation sites excluding steroid dienone is 1. The van der Waals surface area contributed by atoms with Crippen LogP contribution in [0.25, 0.3) is 5.57 Å². The molecule has 1 fully saturated rings. The molecule has 1 aromatic rings. The smallest absolute Gasteiger partial charge is 0.331 e. The maximum atomic E-state index is 12.0. The minimum atomic E-state index is -0.339. The average molecular weight is 304 g/mol. The molecule has 0 bridgehead atoms. The van der Waals surface area contributed by atoms with Gasteiger partial charge < -0.3 is 14.6 Å². The number of aromatic hydroxyl groups is 1. The van der Waals surface area contributed by atoms with Gasteiger partial charge in [0.05, 0.1) is 13.7 Å². The van der Waals surface area contributed by atoms with E-state index in [-0.39, 0.29) is 11.7 Å². The quantitative estimate of drug-likeness (QED) is 0.661. The van der Waals surface area contributed by atoms with Crippen LogP contribution in [0.4, 0.5) is 0 Å². The molecule has 0 aromatic heterocycles. The molecule has 0 spiro atoms. The van der Waals surface area contributed by atoms with Gasteiger partial charge in [-0.05, 0) is 49.5 Å². The zero-order valence-electron chi connectivity index (χ0n) is 13.3. The Morgan fingerprint density at radius 1 is 1.32 bits per heavy atom. The van der Waals surface area contributed by atoms with Gasteiger partial charge in [0.25, 0.3) is 0 Å². The number of hydrogen-bond acceptors (Lipinski definition) is 4. The van der Waals surface area contributed by atoms with Crippen molar-refractivity contribution in [1.29, 1.82) is 0 Å². The number of carbonyl (C=O) groups is 1. The second-order valence-corrected chi connectivity index (χ2v) is 5.57. The third-order valence-corrected chi connectivity index (χ3v) is 4.10. The minimum absolute atomic E-state index is 0.168. The van der Waals surface area contributed by atoms with Crippen LogP contribution in [-0.4, -0.2) is 24.8 Å². The van der Waals surface area contributed by atoms with E-state index in [1.54, 1.807) is 38.3 Å². The number of carbonyl (C=O) groups excluding carboxylic acids is 1. The standard InChI is InChI=1S/C18H24O4/c1-3-22-18(20)12-15(13-7-5-4-6-8-13)16-11-14(19)9-10-17(16)21-2/h9-13,19H,3-8H2,1-2H3/b15-12+. The van der Waals surface area contributed by atoms with Crippen molar-refractivity contribution in [3.63, 3.8) is 0 Å². The monoisotopic (exact) mass is 304 g/mol. The van der Waals surface area contributed by atoms with E-state index < -0.39 is 0 Å². The van der Waals surface area contributed by atoms with Crippen molar-refractivity contribution in [3.05, 3.63) is 29.8 Å². The lowest BCUT2D eigenvalue weighted by atomic mass is 9.80. The third kappa shape index (κ3) is 4.03. The van der Waals surface area contributed by atoms with Gasteiger partial charge in [0.15, 0.2) is 0 Å². The second-order valence-electron chi connectivity index (χ2n) is 5.57. The zero-order valence-corrected chi connectivity index (χ0v) is 13.3. The minimum Gasteiger partial charge on any atom is -0.508 e. The van der Waals surface area contributed by atoms with Crippen molar-refractivity contribution in [2.75, 3.05) is 13.7 Å². The molecule has 1 saturated carbocycles. The molecule has 0 aliphatic heterocycles. The Balaban J connectivity index is 2.43. The van der Waals surface area contributed by atoms with E-state index in [1.807, 2.05) is 0 Å². The number of hydrogen-bond donors (Lipinski definition) is 1. The van der Waals surface area contributed by atoms with Crippen molar-refractivity contribution >= 4 is 11.5 Å². The lowest BCUT2D eigenvalue weighted by molar-refractivity contribution is -0.137. The summed E-state index contributed by atoms with van der Waals surface area (Å²) in [5.74, 6) is 0.794. The Morgan fingerprint density at radius 2 is 2.05 bits per heavy atom. The van der Waals surface area contributed by atoms with Crippen molar-refractivity contribution in [3.8, 4) is 11.5 Å². The fraction of sp³-hybridized carbons (Fsp3) is 0.500. The molecular weight excluding hydrogens is 280 g/mol. The molecule has 0 radical (unpaired) electrons. The van der Waals surface area contributed by atoms with E-state index in [0.29, 0.717) is 18.3 Å². The van der Waals surface area contributed by atoms with E-state index >= 15 is 0 Å². The molecule has 1 aliphatic rings. The summed E-state index contributed by atoms with van der Waals surface area (Å²) in [5, 5.41) is 9.82. The molecule has 120 valence electrons. The molecule has 1 N–H and O–H groups in total. The normalized spacial score (nSPS) is 16.4. The zero-order chi connectivity index (χ0) is 15.9. The summed E-state index contributed by atoms with van der Waals surface area (Å²) in [6.45, 7) is 2.14. The highest BCUT2D eigenvalue weighted by molar-refractivity contribution is 5.93. The van der Waals surface area contributed by atoms with Crippen LogP contribution in [0, 0.1) is 5.92 Å². The number of phenolic OH excluding ortho intramolecular Hbond substituents is 1. The second kappa shape index (κ2) is 7.87. The predicted molar refractivity (Wildman–Crippen MR) is 85.8 cm³/mol. The summed E-state index contributed by atoms with van der Waals surface area (Å²) in [6, 6.07) is 4.98. The predicted octanol–water partition coefficient (Wildman–Crippen LogP) is 3.93. The molecule has 4 nitrogen and oxygen atoms in total. The van der Waals surface area contributed by atoms with Crippen LogP contribution in [0.2, 0.25) is 0 Å². The van der Waals surface area contributed by atoms with Gasteiger partial charge >= 0.3 is 5.97 Å². The lowest BCUT2D eigenvalue weighted by Gasteiger charge is -2.25. The summed E-state index contributed by atoms with van der Waals surface area (Å²) in [5.41, 5.74) is 1.69. The number of rotatable bonds is 5. The summed E-state index contributed by atoms with van der Waals surface area (Å²) in [6.07, 6.45) is 7.21. The molecule has 22 heavy (non-hydrogen) atoms. The summed E-state index contributed by atoms with van der Waals surface area (Å²) in [4.78, 5) is 12.0. The van der Waals surface area contributed by atoms with Gasteiger partial charge in [-0.25, -0.2) is 4.79 Å². The number of methoxy groups -OCH3 is 1. The van der Waals surface area contributed by atoms with E-state index in [4.69, 9.17) is 9.47 Å². The fourth-order valence-corrected chi connectivity index (χ4v) is 3.06. The first-order valence-electron chi connectivity index (χ1n) is 7.91. The molecule has 1 aromatic carbocycles. The Hall–Kier alpha value is -1.97. The molecule has 2 rings (SSSR count). The van der Waals surface area contributed by atoms with Crippen LogP contribution in [0.1, 0.15) is 44.6 Å². The molecule has 0 amide bonds. The fourth-order valence-electron chi connectivity index (χ4n) is 3.06. The average Bonchev–Trinajstić information content (AvgIpc) is 2.53. The molecule has 0 atom stereocenters. The molecular formula is C18H24O4. The van der Waals surface area contributed by atoms with Gasteiger partial charge in [0.2, 0.25) is 0 Å².